The van der Waals surface area contributed by atoms with Crippen LogP contribution in [0, 0.1) is 18.4 Å². The number of nitrogen functional groups attached to an aromatic ring is 1. The van der Waals surface area contributed by atoms with Crippen molar-refractivity contribution in [3.8, 4) is 11.9 Å². The number of para-hydroxylation sites is 1. The third-order valence-electron chi connectivity index (χ3n) is 5.57. The molecule has 7 heteroatoms. The number of nitrogens with zero attached hydrogens (tertiary/aromatic N) is 3. The topological polar surface area (TPSA) is 114 Å². The van der Waals surface area contributed by atoms with Crippen molar-refractivity contribution in [3.63, 3.8) is 0 Å². The van der Waals surface area contributed by atoms with Gasteiger partial charge in [0.1, 0.15) is 11.4 Å². The number of hydrogen-bond donors (Lipinski definition) is 2. The van der Waals surface area contributed by atoms with Crippen molar-refractivity contribution in [2.45, 2.75) is 12.5 Å². The molecule has 0 saturated heterocycles. The number of nitrogens with two attached hydrogens (primary N) is 1. The summed E-state index contributed by atoms with van der Waals surface area (Å²) in [6.07, 6.45) is 3.76. The molecule has 7 nitrogen and oxygen atoms in total. The normalized spacial score (nSPS) is 17.5. The molecule has 1 aliphatic heterocycles. The predicted molar refractivity (Wildman–Crippen MR) is 110 cm³/mol. The van der Waals surface area contributed by atoms with Crippen LogP contribution < -0.4 is 5.73 Å². The molecule has 1 atom stereocenters. The predicted octanol–water partition coefficient (Wildman–Crippen LogP) is 3.42. The molecule has 30 heavy (non-hydrogen) atoms. The number of fused-ring (bicyclic) bond motifs is 2. The lowest BCUT2D eigenvalue weighted by Gasteiger charge is -2.30. The van der Waals surface area contributed by atoms with E-state index in [-0.39, 0.29) is 5.75 Å². The van der Waals surface area contributed by atoms with Gasteiger partial charge in [-0.15, -0.1) is 0 Å². The molecule has 0 radical (unpaired) electrons. The molecule has 0 saturated carbocycles. The van der Waals surface area contributed by atoms with E-state index in [1.807, 2.05) is 24.3 Å². The van der Waals surface area contributed by atoms with Crippen LogP contribution in [0.1, 0.15) is 32.9 Å². The zero-order valence-electron chi connectivity index (χ0n) is 16.0. The van der Waals surface area contributed by atoms with Crippen LogP contribution in [0.4, 0.5) is 5.69 Å². The van der Waals surface area contributed by atoms with Crippen molar-refractivity contribution in [2.75, 3.05) is 5.73 Å². The molecule has 0 aliphatic carbocycles. The van der Waals surface area contributed by atoms with Gasteiger partial charge in [0.05, 0.1) is 11.1 Å². The maximum absolute atomic E-state index is 12.9. The number of aromatic nitrogens is 2. The maximum atomic E-state index is 12.9. The van der Waals surface area contributed by atoms with E-state index >= 15 is 0 Å². The third-order valence-corrected chi connectivity index (χ3v) is 5.57. The smallest absolute Gasteiger partial charge is 0.341 e. The van der Waals surface area contributed by atoms with Crippen LogP contribution in [-0.4, -0.2) is 20.6 Å². The first-order valence-electron chi connectivity index (χ1n) is 9.27. The SMILES string of the molecule is Cc1c(C2(c3ccc(N)cc3O)OC(=O)c3cccnc32)c2ccccc2n1C#N. The second-order valence-corrected chi connectivity index (χ2v) is 7.16. The minimum Gasteiger partial charge on any atom is -0.507 e. The van der Waals surface area contributed by atoms with E-state index in [1.54, 1.807) is 37.4 Å². The van der Waals surface area contributed by atoms with Crippen LogP contribution in [0.5, 0.6) is 5.75 Å². The molecule has 0 fully saturated rings. The van der Waals surface area contributed by atoms with Gasteiger partial charge in [-0.05, 0) is 37.3 Å². The highest BCUT2D eigenvalue weighted by atomic mass is 16.6. The molecule has 5 rings (SSSR count). The molecule has 1 aliphatic rings. The molecule has 3 heterocycles. The van der Waals surface area contributed by atoms with Crippen LogP contribution in [0.3, 0.4) is 0 Å². The minimum absolute atomic E-state index is 0.130. The molecule has 3 N–H and O–H groups in total. The Morgan fingerprint density at radius 2 is 2.00 bits per heavy atom. The third kappa shape index (κ3) is 2.13. The molecular weight excluding hydrogens is 380 g/mol. The molecule has 0 spiro atoms. The number of carbonyl (C=O) groups is 1. The quantitative estimate of drug-likeness (QED) is 0.396. The van der Waals surface area contributed by atoms with Crippen LogP contribution >= 0.6 is 0 Å². The summed E-state index contributed by atoms with van der Waals surface area (Å²) in [5, 5.41) is 21.4. The van der Waals surface area contributed by atoms with Gasteiger partial charge in [-0.1, -0.05) is 18.2 Å². The summed E-state index contributed by atoms with van der Waals surface area (Å²) in [5.41, 5.74) is 7.50. The Morgan fingerprint density at radius 1 is 1.20 bits per heavy atom. The number of carbonyl (C=O) groups excluding carboxylic acids is 1. The van der Waals surface area contributed by atoms with Crippen LogP contribution in [0.15, 0.2) is 60.8 Å². The second kappa shape index (κ2) is 6.09. The monoisotopic (exact) mass is 396 g/mol. The van der Waals surface area contributed by atoms with Crippen molar-refractivity contribution in [3.05, 3.63) is 88.9 Å². The Balaban J connectivity index is 2.00. The number of ether oxygens (including phenoxy) is 1. The fraction of sp³-hybridized carbons (Fsp3) is 0.0870. The van der Waals surface area contributed by atoms with Crippen molar-refractivity contribution >= 4 is 22.6 Å². The van der Waals surface area contributed by atoms with Gasteiger partial charge in [0.15, 0.2) is 6.19 Å². The van der Waals surface area contributed by atoms with Crippen LogP contribution in [0.25, 0.3) is 10.9 Å². The summed E-state index contributed by atoms with van der Waals surface area (Å²) in [6.45, 7) is 1.78. The Hall–Kier alpha value is -4.31. The first-order chi connectivity index (χ1) is 14.5. The number of cyclic esters (lactones) is 1. The molecule has 2 aromatic heterocycles. The van der Waals surface area contributed by atoms with Gasteiger partial charge in [0.25, 0.3) is 0 Å². The lowest BCUT2D eigenvalue weighted by atomic mass is 9.80. The number of rotatable bonds is 2. The molecular formula is C23H16N4O3. The van der Waals surface area contributed by atoms with Crippen molar-refractivity contribution in [1.82, 2.24) is 9.55 Å². The number of phenols is 1. The molecule has 0 bridgehead atoms. The summed E-state index contributed by atoms with van der Waals surface area (Å²) in [6, 6.07) is 15.3. The van der Waals surface area contributed by atoms with Gasteiger partial charge >= 0.3 is 5.97 Å². The Labute approximate surface area is 171 Å². The van der Waals surface area contributed by atoms with Gasteiger partial charge in [0.2, 0.25) is 5.60 Å². The van der Waals surface area contributed by atoms with E-state index in [2.05, 4.69) is 11.2 Å². The lowest BCUT2D eigenvalue weighted by molar-refractivity contribution is 0.0240. The van der Waals surface area contributed by atoms with Gasteiger partial charge in [0, 0.05) is 40.2 Å². The van der Waals surface area contributed by atoms with E-state index in [1.165, 1.54) is 10.6 Å². The van der Waals surface area contributed by atoms with E-state index in [0.717, 1.165) is 5.39 Å². The number of aromatic hydroxyl groups is 1. The molecule has 2 aromatic carbocycles. The van der Waals surface area contributed by atoms with Gasteiger partial charge < -0.3 is 15.6 Å². The number of anilines is 1. The first-order valence-corrected chi connectivity index (χ1v) is 9.27. The Bertz CT molecular complexity index is 1400. The molecule has 1 unspecified atom stereocenters. The average molecular weight is 396 g/mol. The van der Waals surface area contributed by atoms with Gasteiger partial charge in [-0.2, -0.15) is 5.26 Å². The summed E-state index contributed by atoms with van der Waals surface area (Å²) in [5.74, 6) is -0.683. The summed E-state index contributed by atoms with van der Waals surface area (Å²) < 4.78 is 7.52. The maximum Gasteiger partial charge on any atom is 0.341 e. The zero-order chi connectivity index (χ0) is 21.0. The van der Waals surface area contributed by atoms with Crippen LogP contribution in [-0.2, 0) is 10.3 Å². The number of benzene rings is 2. The zero-order valence-corrected chi connectivity index (χ0v) is 16.0. The summed E-state index contributed by atoms with van der Waals surface area (Å²) in [7, 11) is 0. The molecule has 146 valence electrons. The summed E-state index contributed by atoms with van der Waals surface area (Å²) >= 11 is 0. The van der Waals surface area contributed by atoms with E-state index in [4.69, 9.17) is 10.5 Å². The Morgan fingerprint density at radius 3 is 2.77 bits per heavy atom. The van der Waals surface area contributed by atoms with E-state index in [0.29, 0.717) is 39.3 Å². The minimum atomic E-state index is -1.53. The number of hydrogen-bond acceptors (Lipinski definition) is 6. The van der Waals surface area contributed by atoms with Gasteiger partial charge in [-0.25, -0.2) is 4.79 Å². The number of nitriles is 1. The van der Waals surface area contributed by atoms with Crippen LogP contribution in [0.2, 0.25) is 0 Å². The fourth-order valence-electron chi connectivity index (χ4n) is 4.37. The number of pyridine rings is 1. The van der Waals surface area contributed by atoms with Crippen molar-refractivity contribution < 1.29 is 14.6 Å². The van der Waals surface area contributed by atoms with Gasteiger partial charge in [-0.3, -0.25) is 9.55 Å². The number of phenolic OH excluding ortho intramolecular Hbond substituents is 1. The first kappa shape index (κ1) is 17.8. The van der Waals surface area contributed by atoms with Crippen molar-refractivity contribution in [1.29, 1.82) is 5.26 Å². The van der Waals surface area contributed by atoms with E-state index in [9.17, 15) is 15.2 Å². The molecule has 4 aromatic rings. The Kier molecular flexibility index (Phi) is 3.61. The summed E-state index contributed by atoms with van der Waals surface area (Å²) in [4.78, 5) is 17.4. The highest BCUT2D eigenvalue weighted by molar-refractivity contribution is 5.98. The fourth-order valence-corrected chi connectivity index (χ4v) is 4.37. The second-order valence-electron chi connectivity index (χ2n) is 7.16. The van der Waals surface area contributed by atoms with E-state index < -0.39 is 11.6 Å². The number of esters is 1. The standard InChI is InChI=1S/C23H16N4O3/c1-13-20(15-5-2-3-7-18(15)27(13)12-24)23(17-9-8-14(25)11-19(17)28)21-16(22(29)30-23)6-4-10-26-21/h2-11,28H,25H2,1H3. The lowest BCUT2D eigenvalue weighted by Crippen LogP contribution is -2.31. The highest BCUT2D eigenvalue weighted by Gasteiger charge is 2.53. The molecule has 0 amide bonds. The largest absolute Gasteiger partial charge is 0.507 e. The average Bonchev–Trinajstić information content (AvgIpc) is 3.19. The highest BCUT2D eigenvalue weighted by Crippen LogP contribution is 2.52. The van der Waals surface area contributed by atoms with Crippen molar-refractivity contribution in [2.24, 2.45) is 0 Å².